The average molecular weight is 261 g/mol. The van der Waals surface area contributed by atoms with Crippen LogP contribution in [0.4, 0.5) is 0 Å². The molecule has 1 atom stereocenters. The van der Waals surface area contributed by atoms with Crippen LogP contribution in [0.2, 0.25) is 0 Å². The first kappa shape index (κ1) is 13.6. The van der Waals surface area contributed by atoms with Gasteiger partial charge >= 0.3 is 0 Å². The van der Waals surface area contributed by atoms with Gasteiger partial charge in [0.25, 0.3) is 5.91 Å². The number of aromatic nitrogens is 3. The average Bonchev–Trinajstić information content (AvgIpc) is 2.89. The molecular weight excluding hydrogens is 242 g/mol. The van der Waals surface area contributed by atoms with Crippen LogP contribution in [0.25, 0.3) is 0 Å². The molecule has 1 unspecified atom stereocenters. The maximum absolute atomic E-state index is 11.9. The van der Waals surface area contributed by atoms with Gasteiger partial charge in [-0.25, -0.2) is 4.68 Å². The highest BCUT2D eigenvalue weighted by molar-refractivity contribution is 5.92. The number of piperidine rings is 1. The van der Waals surface area contributed by atoms with Gasteiger partial charge in [-0.05, 0) is 32.9 Å². The minimum atomic E-state index is -0.220. The summed E-state index contributed by atoms with van der Waals surface area (Å²) in [6, 6.07) is 0.278. The zero-order chi connectivity index (χ0) is 13.7. The second-order valence-corrected chi connectivity index (χ2v) is 4.85. The molecule has 1 aliphatic rings. The van der Waals surface area contributed by atoms with E-state index in [-0.39, 0.29) is 11.9 Å². The minimum Gasteiger partial charge on any atom is -0.347 e. The van der Waals surface area contributed by atoms with Crippen molar-refractivity contribution in [2.75, 3.05) is 13.1 Å². The van der Waals surface area contributed by atoms with Gasteiger partial charge in [-0.15, -0.1) is 17.4 Å². The molecule has 6 heteroatoms. The van der Waals surface area contributed by atoms with Crippen LogP contribution in [0, 0.1) is 12.3 Å². The van der Waals surface area contributed by atoms with Crippen molar-refractivity contribution in [3.8, 4) is 12.3 Å². The number of hydrogen-bond acceptors (Lipinski definition) is 4. The third-order valence-corrected chi connectivity index (χ3v) is 3.23. The number of hydrogen-bond donors (Lipinski definition) is 2. The van der Waals surface area contributed by atoms with E-state index in [0.29, 0.717) is 18.2 Å². The molecule has 102 valence electrons. The van der Waals surface area contributed by atoms with Gasteiger partial charge in [-0.1, -0.05) is 5.21 Å². The minimum absolute atomic E-state index is 0.0541. The standard InChI is InChI=1S/C13H19N5O/c1-3-4-10(2)15-13(19)12-9-18(17-16-12)11-5-7-14-8-6-11/h1,9-11,14H,4-8H2,2H3,(H,15,19). The van der Waals surface area contributed by atoms with Crippen LogP contribution in [-0.2, 0) is 0 Å². The molecule has 1 aromatic rings. The molecule has 1 aromatic heterocycles. The van der Waals surface area contributed by atoms with E-state index in [9.17, 15) is 4.79 Å². The number of nitrogens with zero attached hydrogens (tertiary/aromatic N) is 3. The summed E-state index contributed by atoms with van der Waals surface area (Å²) in [5.41, 5.74) is 0.349. The summed E-state index contributed by atoms with van der Waals surface area (Å²) < 4.78 is 1.79. The Kier molecular flexibility index (Phi) is 4.53. The summed E-state index contributed by atoms with van der Waals surface area (Å²) in [7, 11) is 0. The first-order chi connectivity index (χ1) is 9.20. The molecule has 1 saturated heterocycles. The van der Waals surface area contributed by atoms with Crippen molar-refractivity contribution in [1.29, 1.82) is 0 Å². The summed E-state index contributed by atoms with van der Waals surface area (Å²) in [5, 5.41) is 14.1. The van der Waals surface area contributed by atoms with Crippen LogP contribution >= 0.6 is 0 Å². The van der Waals surface area contributed by atoms with Gasteiger partial charge in [0.05, 0.1) is 12.2 Å². The van der Waals surface area contributed by atoms with E-state index >= 15 is 0 Å². The molecule has 2 N–H and O–H groups in total. The van der Waals surface area contributed by atoms with Crippen molar-refractivity contribution < 1.29 is 4.79 Å². The van der Waals surface area contributed by atoms with Gasteiger partial charge in [0, 0.05) is 12.5 Å². The number of amides is 1. The van der Waals surface area contributed by atoms with Crippen LogP contribution in [0.5, 0.6) is 0 Å². The molecule has 6 nitrogen and oxygen atoms in total. The van der Waals surface area contributed by atoms with Crippen LogP contribution in [-0.4, -0.2) is 40.0 Å². The highest BCUT2D eigenvalue weighted by Gasteiger charge is 2.19. The van der Waals surface area contributed by atoms with E-state index in [0.717, 1.165) is 25.9 Å². The fourth-order valence-corrected chi connectivity index (χ4v) is 2.16. The third kappa shape index (κ3) is 3.55. The maximum atomic E-state index is 11.9. The van der Waals surface area contributed by atoms with Crippen LogP contribution in [0.1, 0.15) is 42.7 Å². The molecular formula is C13H19N5O. The molecule has 0 aromatic carbocycles. The fraction of sp³-hybridized carbons (Fsp3) is 0.615. The smallest absolute Gasteiger partial charge is 0.273 e. The summed E-state index contributed by atoms with van der Waals surface area (Å²) in [5.74, 6) is 2.30. The lowest BCUT2D eigenvalue weighted by atomic mass is 10.1. The summed E-state index contributed by atoms with van der Waals surface area (Å²) in [6.45, 7) is 3.82. The Labute approximate surface area is 112 Å². The van der Waals surface area contributed by atoms with Crippen molar-refractivity contribution in [3.63, 3.8) is 0 Å². The second-order valence-electron chi connectivity index (χ2n) is 4.85. The number of carbonyl (C=O) groups is 1. The van der Waals surface area contributed by atoms with Crippen LogP contribution < -0.4 is 10.6 Å². The van der Waals surface area contributed by atoms with E-state index in [1.54, 1.807) is 10.9 Å². The van der Waals surface area contributed by atoms with E-state index < -0.39 is 0 Å². The van der Waals surface area contributed by atoms with Crippen molar-refractivity contribution in [2.45, 2.75) is 38.3 Å². The molecule has 0 bridgehead atoms. The first-order valence-corrected chi connectivity index (χ1v) is 6.57. The quantitative estimate of drug-likeness (QED) is 0.767. The Bertz CT molecular complexity index is 470. The summed E-state index contributed by atoms with van der Waals surface area (Å²) in [6.07, 6.45) is 9.45. The van der Waals surface area contributed by atoms with Gasteiger partial charge in [0.2, 0.25) is 0 Å². The molecule has 19 heavy (non-hydrogen) atoms. The molecule has 0 radical (unpaired) electrons. The van der Waals surface area contributed by atoms with Gasteiger partial charge < -0.3 is 10.6 Å². The largest absolute Gasteiger partial charge is 0.347 e. The maximum Gasteiger partial charge on any atom is 0.273 e. The zero-order valence-electron chi connectivity index (χ0n) is 11.1. The molecule has 0 aliphatic carbocycles. The Hall–Kier alpha value is -1.87. The van der Waals surface area contributed by atoms with Gasteiger partial charge in [-0.2, -0.15) is 0 Å². The monoisotopic (exact) mass is 261 g/mol. The van der Waals surface area contributed by atoms with Crippen molar-refractivity contribution in [3.05, 3.63) is 11.9 Å². The van der Waals surface area contributed by atoms with Crippen LogP contribution in [0.15, 0.2) is 6.20 Å². The summed E-state index contributed by atoms with van der Waals surface area (Å²) in [4.78, 5) is 11.9. The van der Waals surface area contributed by atoms with Gasteiger partial charge in [0.1, 0.15) is 0 Å². The number of terminal acetylenes is 1. The summed E-state index contributed by atoms with van der Waals surface area (Å²) >= 11 is 0. The van der Waals surface area contributed by atoms with Gasteiger partial charge in [-0.3, -0.25) is 4.79 Å². The predicted molar refractivity (Wildman–Crippen MR) is 71.5 cm³/mol. The Balaban J connectivity index is 1.96. The molecule has 1 fully saturated rings. The van der Waals surface area contributed by atoms with E-state index in [4.69, 9.17) is 6.42 Å². The van der Waals surface area contributed by atoms with Crippen molar-refractivity contribution in [1.82, 2.24) is 25.6 Å². The lowest BCUT2D eigenvalue weighted by Crippen LogP contribution is -2.32. The van der Waals surface area contributed by atoms with Crippen molar-refractivity contribution >= 4 is 5.91 Å². The lowest BCUT2D eigenvalue weighted by Gasteiger charge is -2.22. The Morgan fingerprint density at radius 1 is 1.68 bits per heavy atom. The Morgan fingerprint density at radius 2 is 2.42 bits per heavy atom. The molecule has 2 rings (SSSR count). The molecule has 2 heterocycles. The Morgan fingerprint density at radius 3 is 3.11 bits per heavy atom. The fourth-order valence-electron chi connectivity index (χ4n) is 2.16. The van der Waals surface area contributed by atoms with Crippen LogP contribution in [0.3, 0.4) is 0 Å². The highest BCUT2D eigenvalue weighted by atomic mass is 16.2. The highest BCUT2D eigenvalue weighted by Crippen LogP contribution is 2.16. The van der Waals surface area contributed by atoms with Crippen molar-refractivity contribution in [2.24, 2.45) is 0 Å². The topological polar surface area (TPSA) is 71.8 Å². The number of rotatable bonds is 4. The zero-order valence-corrected chi connectivity index (χ0v) is 11.1. The normalized spacial score (nSPS) is 17.7. The second kappa shape index (κ2) is 6.34. The first-order valence-electron chi connectivity index (χ1n) is 6.57. The number of carbonyl (C=O) groups excluding carboxylic acids is 1. The molecule has 1 aliphatic heterocycles. The van der Waals surface area contributed by atoms with E-state index in [2.05, 4.69) is 26.9 Å². The van der Waals surface area contributed by atoms with E-state index in [1.165, 1.54) is 0 Å². The third-order valence-electron chi connectivity index (χ3n) is 3.23. The molecule has 0 spiro atoms. The van der Waals surface area contributed by atoms with E-state index in [1.807, 2.05) is 6.92 Å². The molecule has 1 amide bonds. The molecule has 0 saturated carbocycles. The number of nitrogens with one attached hydrogen (secondary N) is 2. The van der Waals surface area contributed by atoms with Gasteiger partial charge in [0.15, 0.2) is 5.69 Å². The SMILES string of the molecule is C#CCC(C)NC(=O)c1cn(C2CCNCC2)nn1. The predicted octanol–water partition coefficient (Wildman–Crippen LogP) is 0.344. The lowest BCUT2D eigenvalue weighted by molar-refractivity contribution is 0.0935.